The molecule has 2 atom stereocenters. The van der Waals surface area contributed by atoms with Gasteiger partial charge in [-0.25, -0.2) is 4.98 Å². The van der Waals surface area contributed by atoms with E-state index in [1.165, 1.54) is 12.7 Å². The van der Waals surface area contributed by atoms with Crippen molar-refractivity contribution in [3.8, 4) is 6.01 Å². The molecule has 1 aliphatic heterocycles. The van der Waals surface area contributed by atoms with Gasteiger partial charge in [0.2, 0.25) is 0 Å². The van der Waals surface area contributed by atoms with Gasteiger partial charge in [0.1, 0.15) is 0 Å². The van der Waals surface area contributed by atoms with Gasteiger partial charge in [-0.05, 0) is 32.0 Å². The molecule has 154 valence electrons. The van der Waals surface area contributed by atoms with Crippen LogP contribution in [0.5, 0.6) is 6.01 Å². The molecule has 8 nitrogen and oxygen atoms in total. The number of anilines is 1. The molecule has 0 fully saturated rings. The van der Waals surface area contributed by atoms with Gasteiger partial charge in [-0.15, -0.1) is 0 Å². The van der Waals surface area contributed by atoms with Gasteiger partial charge in [0.25, 0.3) is 0 Å². The molecule has 2 aliphatic rings. The quantitative estimate of drug-likeness (QED) is 0.715. The maximum atomic E-state index is 5.97. The third-order valence-corrected chi connectivity index (χ3v) is 5.46. The van der Waals surface area contributed by atoms with Crippen LogP contribution in [0.4, 0.5) is 5.82 Å². The SMILES string of the molecule is COc1nc(N)c2ncn(CC3=CCC(CN4CC=CC4CN(C)C)C=C3)c2n1. The van der Waals surface area contributed by atoms with Gasteiger partial charge in [-0.2, -0.15) is 9.97 Å². The Labute approximate surface area is 171 Å². The number of nitrogens with zero attached hydrogens (tertiary/aromatic N) is 6. The van der Waals surface area contributed by atoms with E-state index in [2.05, 4.69) is 69.2 Å². The molecular weight excluding hydrogens is 366 g/mol. The highest BCUT2D eigenvalue weighted by molar-refractivity contribution is 5.82. The van der Waals surface area contributed by atoms with Crippen molar-refractivity contribution >= 4 is 17.0 Å². The number of ether oxygens (including phenoxy) is 1. The summed E-state index contributed by atoms with van der Waals surface area (Å²) in [5, 5.41) is 0. The molecule has 0 radical (unpaired) electrons. The highest BCUT2D eigenvalue weighted by Gasteiger charge is 2.23. The molecule has 0 saturated carbocycles. The second-order valence-corrected chi connectivity index (χ2v) is 7.99. The van der Waals surface area contributed by atoms with E-state index in [1.807, 2.05) is 4.57 Å². The minimum atomic E-state index is 0.261. The van der Waals surface area contributed by atoms with Crippen molar-refractivity contribution in [1.82, 2.24) is 29.3 Å². The molecule has 0 saturated heterocycles. The van der Waals surface area contributed by atoms with Gasteiger partial charge < -0.3 is 19.9 Å². The third-order valence-electron chi connectivity index (χ3n) is 5.46. The Morgan fingerprint density at radius 1 is 1.28 bits per heavy atom. The first kappa shape index (κ1) is 19.6. The minimum Gasteiger partial charge on any atom is -0.467 e. The Morgan fingerprint density at radius 2 is 2.14 bits per heavy atom. The maximum Gasteiger partial charge on any atom is 0.320 e. The highest BCUT2D eigenvalue weighted by Crippen LogP contribution is 2.24. The lowest BCUT2D eigenvalue weighted by atomic mass is 9.95. The first-order chi connectivity index (χ1) is 14.0. The molecule has 8 heteroatoms. The first-order valence-corrected chi connectivity index (χ1v) is 9.98. The van der Waals surface area contributed by atoms with E-state index in [0.717, 1.165) is 26.1 Å². The van der Waals surface area contributed by atoms with Gasteiger partial charge >= 0.3 is 6.01 Å². The number of rotatable bonds is 7. The molecule has 2 N–H and O–H groups in total. The number of allylic oxidation sites excluding steroid dienone is 3. The summed E-state index contributed by atoms with van der Waals surface area (Å²) in [7, 11) is 5.80. The van der Waals surface area contributed by atoms with Crippen molar-refractivity contribution in [3.05, 3.63) is 42.3 Å². The number of fused-ring (bicyclic) bond motifs is 1. The number of imidazole rings is 1. The monoisotopic (exact) mass is 395 g/mol. The van der Waals surface area contributed by atoms with Gasteiger partial charge in [-0.1, -0.05) is 30.4 Å². The van der Waals surface area contributed by atoms with E-state index in [4.69, 9.17) is 10.5 Å². The molecule has 2 aromatic rings. The summed E-state index contributed by atoms with van der Waals surface area (Å²) >= 11 is 0. The van der Waals surface area contributed by atoms with Gasteiger partial charge in [0, 0.05) is 25.7 Å². The number of hydrogen-bond acceptors (Lipinski definition) is 7. The predicted molar refractivity (Wildman–Crippen MR) is 115 cm³/mol. The van der Waals surface area contributed by atoms with Crippen molar-refractivity contribution < 1.29 is 4.74 Å². The fourth-order valence-corrected chi connectivity index (χ4v) is 3.98. The zero-order valence-corrected chi connectivity index (χ0v) is 17.3. The maximum absolute atomic E-state index is 5.97. The molecular formula is C21H29N7O. The molecule has 2 unspecified atom stereocenters. The van der Waals surface area contributed by atoms with Crippen LogP contribution < -0.4 is 10.5 Å². The average molecular weight is 396 g/mol. The molecule has 0 spiro atoms. The van der Waals surface area contributed by atoms with Crippen molar-refractivity contribution in [1.29, 1.82) is 0 Å². The lowest BCUT2D eigenvalue weighted by Crippen LogP contribution is -2.40. The van der Waals surface area contributed by atoms with Crippen LogP contribution in [0.1, 0.15) is 6.42 Å². The Hall–Kier alpha value is -2.71. The molecule has 3 heterocycles. The van der Waals surface area contributed by atoms with Crippen LogP contribution in [0.2, 0.25) is 0 Å². The summed E-state index contributed by atoms with van der Waals surface area (Å²) in [5.74, 6) is 0.881. The van der Waals surface area contributed by atoms with Gasteiger partial charge in [0.05, 0.1) is 20.0 Å². The Bertz CT molecular complexity index is 959. The van der Waals surface area contributed by atoms with Crippen molar-refractivity contribution in [3.63, 3.8) is 0 Å². The predicted octanol–water partition coefficient (Wildman–Crippen LogP) is 1.72. The zero-order valence-electron chi connectivity index (χ0n) is 17.3. The van der Waals surface area contributed by atoms with Crippen LogP contribution in [0.25, 0.3) is 11.2 Å². The number of likely N-dealkylation sites (N-methyl/N-ethyl adjacent to an activating group) is 1. The molecule has 2 aromatic heterocycles. The first-order valence-electron chi connectivity index (χ1n) is 9.98. The third kappa shape index (κ3) is 4.33. The van der Waals surface area contributed by atoms with E-state index in [0.29, 0.717) is 35.5 Å². The summed E-state index contributed by atoms with van der Waals surface area (Å²) < 4.78 is 7.13. The van der Waals surface area contributed by atoms with Crippen molar-refractivity contribution in [2.45, 2.75) is 19.0 Å². The zero-order chi connectivity index (χ0) is 20.4. The summed E-state index contributed by atoms with van der Waals surface area (Å²) in [4.78, 5) is 17.7. The summed E-state index contributed by atoms with van der Waals surface area (Å²) in [5.41, 5.74) is 8.52. The van der Waals surface area contributed by atoms with Crippen LogP contribution in [-0.2, 0) is 6.54 Å². The summed E-state index contributed by atoms with van der Waals surface area (Å²) in [6, 6.07) is 0.776. The average Bonchev–Trinajstić information content (AvgIpc) is 3.30. The van der Waals surface area contributed by atoms with Crippen molar-refractivity contribution in [2.24, 2.45) is 5.92 Å². The van der Waals surface area contributed by atoms with Gasteiger partial charge in [-0.3, -0.25) is 4.90 Å². The van der Waals surface area contributed by atoms with Gasteiger partial charge in [0.15, 0.2) is 17.0 Å². The fraction of sp³-hybridized carbons (Fsp3) is 0.476. The second-order valence-electron chi connectivity index (χ2n) is 7.99. The van der Waals surface area contributed by atoms with E-state index in [-0.39, 0.29) is 6.01 Å². The number of hydrogen-bond donors (Lipinski definition) is 1. The van der Waals surface area contributed by atoms with Crippen LogP contribution in [0.3, 0.4) is 0 Å². The van der Waals surface area contributed by atoms with Crippen LogP contribution in [0.15, 0.2) is 42.3 Å². The minimum absolute atomic E-state index is 0.261. The van der Waals surface area contributed by atoms with Crippen LogP contribution in [0, 0.1) is 5.92 Å². The number of methoxy groups -OCH3 is 1. The molecule has 4 rings (SSSR count). The molecule has 0 bridgehead atoms. The Kier molecular flexibility index (Phi) is 5.64. The molecule has 0 amide bonds. The number of aromatic nitrogens is 4. The molecule has 0 aromatic carbocycles. The summed E-state index contributed by atoms with van der Waals surface area (Å²) in [6.45, 7) is 3.90. The highest BCUT2D eigenvalue weighted by atomic mass is 16.5. The smallest absolute Gasteiger partial charge is 0.320 e. The standard InChI is InChI=1S/C21H29N7O/c1-26(2)13-17-5-4-10-27(17)11-15-6-8-16(9-7-15)12-28-14-23-18-19(22)24-21(29-3)25-20(18)28/h4-6,8-9,14-15,17H,7,10-13H2,1-3H3,(H2,22,24,25). The molecule has 29 heavy (non-hydrogen) atoms. The van der Waals surface area contributed by atoms with Crippen LogP contribution in [-0.4, -0.2) is 76.2 Å². The van der Waals surface area contributed by atoms with E-state index >= 15 is 0 Å². The Balaban J connectivity index is 1.39. The molecule has 1 aliphatic carbocycles. The van der Waals surface area contributed by atoms with Crippen LogP contribution >= 0.6 is 0 Å². The fourth-order valence-electron chi connectivity index (χ4n) is 3.98. The second kappa shape index (κ2) is 8.34. The Morgan fingerprint density at radius 3 is 2.86 bits per heavy atom. The summed E-state index contributed by atoms with van der Waals surface area (Å²) in [6.07, 6.45) is 14.3. The number of nitrogen functional groups attached to an aromatic ring is 1. The van der Waals surface area contributed by atoms with Crippen molar-refractivity contribution in [2.75, 3.05) is 46.6 Å². The number of nitrogens with two attached hydrogens (primary N) is 1. The normalized spacial score (nSPS) is 22.0. The largest absolute Gasteiger partial charge is 0.467 e. The topological polar surface area (TPSA) is 85.3 Å². The lowest BCUT2D eigenvalue weighted by molar-refractivity contribution is 0.207. The van der Waals surface area contributed by atoms with E-state index in [9.17, 15) is 0 Å². The lowest BCUT2D eigenvalue weighted by Gasteiger charge is -2.30. The van der Waals surface area contributed by atoms with E-state index < -0.39 is 0 Å². The van der Waals surface area contributed by atoms with E-state index in [1.54, 1.807) is 6.33 Å².